The van der Waals surface area contributed by atoms with Gasteiger partial charge in [0.05, 0.1) is 22.5 Å². The van der Waals surface area contributed by atoms with E-state index in [0.29, 0.717) is 6.42 Å². The van der Waals surface area contributed by atoms with E-state index in [2.05, 4.69) is 5.10 Å². The lowest BCUT2D eigenvalue weighted by molar-refractivity contribution is -0.136. The highest BCUT2D eigenvalue weighted by Crippen LogP contribution is 2.37. The molecule has 1 heterocycles. The van der Waals surface area contributed by atoms with Gasteiger partial charge in [0.1, 0.15) is 0 Å². The molecule has 0 amide bonds. The van der Waals surface area contributed by atoms with Crippen LogP contribution < -0.4 is 0 Å². The molecule has 2 aromatic carbocycles. The lowest BCUT2D eigenvalue weighted by atomic mass is 10.0. The monoisotopic (exact) mass is 322 g/mol. The summed E-state index contributed by atoms with van der Waals surface area (Å²) in [5.74, 6) is -0.888. The van der Waals surface area contributed by atoms with Crippen LogP contribution in [-0.4, -0.2) is 9.78 Å². The van der Waals surface area contributed by atoms with Gasteiger partial charge in [-0.25, -0.2) is 0 Å². The summed E-state index contributed by atoms with van der Waals surface area (Å²) in [6.45, 7) is 1.83. The van der Waals surface area contributed by atoms with E-state index in [1.54, 1.807) is 24.3 Å². The first-order chi connectivity index (χ1) is 10.9. The Hall–Kier alpha value is -2.37. The van der Waals surface area contributed by atoms with Crippen molar-refractivity contribution in [3.63, 3.8) is 0 Å². The standard InChI is InChI=1S/C17H14F4N2/c1-2-14(11-7-4-3-5-8-11)23-15-12(16(18)22-23)9-6-10-13(15)17(19,20)21/h3-10,14H,2H2,1H3. The molecule has 23 heavy (non-hydrogen) atoms. The number of hydrogen-bond donors (Lipinski definition) is 0. The van der Waals surface area contributed by atoms with Gasteiger partial charge in [0.15, 0.2) is 0 Å². The van der Waals surface area contributed by atoms with Crippen LogP contribution in [0.2, 0.25) is 0 Å². The maximum absolute atomic E-state index is 14.1. The van der Waals surface area contributed by atoms with Crippen molar-refractivity contribution in [2.24, 2.45) is 0 Å². The van der Waals surface area contributed by atoms with Gasteiger partial charge in [0.25, 0.3) is 0 Å². The van der Waals surface area contributed by atoms with Crippen LogP contribution in [0.5, 0.6) is 0 Å². The number of fused-ring (bicyclic) bond motifs is 1. The number of benzene rings is 2. The molecule has 0 aliphatic carbocycles. The minimum absolute atomic E-state index is 0.116. The van der Waals surface area contributed by atoms with Gasteiger partial charge < -0.3 is 0 Å². The zero-order valence-corrected chi connectivity index (χ0v) is 12.3. The van der Waals surface area contributed by atoms with Gasteiger partial charge in [-0.05, 0) is 24.1 Å². The van der Waals surface area contributed by atoms with E-state index in [-0.39, 0.29) is 10.9 Å². The Morgan fingerprint density at radius 1 is 1.04 bits per heavy atom. The topological polar surface area (TPSA) is 17.8 Å². The molecule has 0 saturated heterocycles. The normalized spacial score (nSPS) is 13.4. The molecule has 0 spiro atoms. The number of rotatable bonds is 3. The third kappa shape index (κ3) is 2.69. The maximum Gasteiger partial charge on any atom is 0.418 e. The molecular formula is C17H14F4N2. The van der Waals surface area contributed by atoms with Crippen molar-refractivity contribution in [3.8, 4) is 0 Å². The minimum atomic E-state index is -4.57. The van der Waals surface area contributed by atoms with Crippen LogP contribution in [0.1, 0.15) is 30.5 Å². The lowest BCUT2D eigenvalue weighted by Gasteiger charge is -2.19. The summed E-state index contributed by atoms with van der Waals surface area (Å²) in [5.41, 5.74) is -0.301. The van der Waals surface area contributed by atoms with Crippen LogP contribution in [0.3, 0.4) is 0 Å². The fourth-order valence-corrected chi connectivity index (χ4v) is 2.83. The summed E-state index contributed by atoms with van der Waals surface area (Å²) in [7, 11) is 0. The summed E-state index contributed by atoms with van der Waals surface area (Å²) >= 11 is 0. The fraction of sp³-hybridized carbons (Fsp3) is 0.235. The molecule has 0 aliphatic rings. The molecule has 2 nitrogen and oxygen atoms in total. The van der Waals surface area contributed by atoms with Crippen molar-refractivity contribution in [1.82, 2.24) is 9.78 Å². The average Bonchev–Trinajstić information content (AvgIpc) is 2.86. The number of alkyl halides is 3. The molecule has 0 bridgehead atoms. The van der Waals surface area contributed by atoms with E-state index >= 15 is 0 Å². The van der Waals surface area contributed by atoms with Crippen LogP contribution >= 0.6 is 0 Å². The van der Waals surface area contributed by atoms with E-state index in [0.717, 1.165) is 16.3 Å². The number of halogens is 4. The minimum Gasteiger partial charge on any atom is -0.254 e. The number of hydrogen-bond acceptors (Lipinski definition) is 1. The van der Waals surface area contributed by atoms with Gasteiger partial charge in [-0.15, -0.1) is 5.10 Å². The predicted octanol–water partition coefficient (Wildman–Crippen LogP) is 5.19. The Morgan fingerprint density at radius 2 is 1.74 bits per heavy atom. The molecular weight excluding hydrogens is 308 g/mol. The Morgan fingerprint density at radius 3 is 2.35 bits per heavy atom. The first kappa shape index (κ1) is 15.5. The molecule has 1 aromatic heterocycles. The van der Waals surface area contributed by atoms with E-state index in [1.165, 1.54) is 12.1 Å². The van der Waals surface area contributed by atoms with Crippen molar-refractivity contribution in [2.75, 3.05) is 0 Å². The Labute approximate surface area is 130 Å². The van der Waals surface area contributed by atoms with Crippen molar-refractivity contribution in [3.05, 3.63) is 65.6 Å². The Bertz CT molecular complexity index is 822. The van der Waals surface area contributed by atoms with E-state index in [9.17, 15) is 17.6 Å². The van der Waals surface area contributed by atoms with Gasteiger partial charge >= 0.3 is 6.18 Å². The second-order valence-corrected chi connectivity index (χ2v) is 5.27. The number of nitrogens with zero attached hydrogens (tertiary/aromatic N) is 2. The quantitative estimate of drug-likeness (QED) is 0.607. The van der Waals surface area contributed by atoms with Crippen LogP contribution in [-0.2, 0) is 6.18 Å². The predicted molar refractivity (Wildman–Crippen MR) is 79.6 cm³/mol. The molecule has 0 aliphatic heterocycles. The van der Waals surface area contributed by atoms with Gasteiger partial charge in [-0.3, -0.25) is 4.68 Å². The van der Waals surface area contributed by atoms with E-state index in [1.807, 2.05) is 13.0 Å². The Balaban J connectivity index is 2.29. The molecule has 0 radical (unpaired) electrons. The van der Waals surface area contributed by atoms with E-state index < -0.39 is 23.7 Å². The molecule has 120 valence electrons. The lowest BCUT2D eigenvalue weighted by Crippen LogP contribution is -2.15. The highest BCUT2D eigenvalue weighted by molar-refractivity contribution is 5.83. The molecule has 3 rings (SSSR count). The largest absolute Gasteiger partial charge is 0.418 e. The molecule has 0 N–H and O–H groups in total. The van der Waals surface area contributed by atoms with Gasteiger partial charge in [-0.2, -0.15) is 17.6 Å². The summed E-state index contributed by atoms with van der Waals surface area (Å²) in [4.78, 5) is 0. The SMILES string of the molecule is CCC(c1ccccc1)n1nc(F)c2cccc(C(F)(F)F)c21. The van der Waals surface area contributed by atoms with Gasteiger partial charge in [0.2, 0.25) is 5.95 Å². The first-order valence-electron chi connectivity index (χ1n) is 7.22. The van der Waals surface area contributed by atoms with E-state index in [4.69, 9.17) is 0 Å². The van der Waals surface area contributed by atoms with Crippen LogP contribution in [0.15, 0.2) is 48.5 Å². The van der Waals surface area contributed by atoms with Crippen molar-refractivity contribution >= 4 is 10.9 Å². The van der Waals surface area contributed by atoms with Gasteiger partial charge in [-0.1, -0.05) is 43.3 Å². The third-order valence-electron chi connectivity index (χ3n) is 3.85. The average molecular weight is 322 g/mol. The number of aromatic nitrogens is 2. The summed E-state index contributed by atoms with van der Waals surface area (Å²) in [5, 5.41) is 3.64. The summed E-state index contributed by atoms with van der Waals surface area (Å²) in [6.07, 6.45) is -4.08. The molecule has 6 heteroatoms. The van der Waals surface area contributed by atoms with Crippen LogP contribution in [0.25, 0.3) is 10.9 Å². The first-order valence-corrected chi connectivity index (χ1v) is 7.22. The molecule has 0 saturated carbocycles. The highest BCUT2D eigenvalue weighted by atomic mass is 19.4. The smallest absolute Gasteiger partial charge is 0.254 e. The van der Waals surface area contributed by atoms with Crippen LogP contribution in [0.4, 0.5) is 17.6 Å². The van der Waals surface area contributed by atoms with Crippen LogP contribution in [0, 0.1) is 5.95 Å². The van der Waals surface area contributed by atoms with Gasteiger partial charge in [0, 0.05) is 0 Å². The maximum atomic E-state index is 14.1. The van der Waals surface area contributed by atoms with Crippen molar-refractivity contribution < 1.29 is 17.6 Å². The zero-order chi connectivity index (χ0) is 16.6. The molecule has 1 unspecified atom stereocenters. The third-order valence-corrected chi connectivity index (χ3v) is 3.85. The second kappa shape index (κ2) is 5.68. The summed E-state index contributed by atoms with van der Waals surface area (Å²) < 4.78 is 55.2. The summed E-state index contributed by atoms with van der Waals surface area (Å²) in [6, 6.07) is 12.0. The number of para-hydroxylation sites is 1. The molecule has 0 fully saturated rings. The fourth-order valence-electron chi connectivity index (χ4n) is 2.83. The highest BCUT2D eigenvalue weighted by Gasteiger charge is 2.35. The second-order valence-electron chi connectivity index (χ2n) is 5.27. The zero-order valence-electron chi connectivity index (χ0n) is 12.3. The Kier molecular flexibility index (Phi) is 3.83. The molecule has 3 aromatic rings. The molecule has 1 atom stereocenters. The van der Waals surface area contributed by atoms with Crippen molar-refractivity contribution in [1.29, 1.82) is 0 Å². The van der Waals surface area contributed by atoms with Crippen molar-refractivity contribution in [2.45, 2.75) is 25.6 Å².